The van der Waals surface area contributed by atoms with E-state index in [1.54, 1.807) is 0 Å². The number of halogens is 1. The number of nitrogens with one attached hydrogen (secondary N) is 1. The summed E-state index contributed by atoms with van der Waals surface area (Å²) in [5.41, 5.74) is 10.7. The van der Waals surface area contributed by atoms with Gasteiger partial charge in [0.2, 0.25) is 5.95 Å². The highest BCUT2D eigenvalue weighted by molar-refractivity contribution is 6.05. The predicted molar refractivity (Wildman–Crippen MR) is 152 cm³/mol. The quantitative estimate of drug-likeness (QED) is 0.207. The van der Waals surface area contributed by atoms with Crippen molar-refractivity contribution in [1.29, 1.82) is 0 Å². The van der Waals surface area contributed by atoms with Gasteiger partial charge in [0.25, 0.3) is 5.91 Å². The maximum atomic E-state index is 12.7. The van der Waals surface area contributed by atoms with Crippen molar-refractivity contribution in [2.45, 2.75) is 97.4 Å². The first-order valence-corrected chi connectivity index (χ1v) is 13.3. The lowest BCUT2D eigenvalue weighted by Crippen LogP contribution is -2.11. The van der Waals surface area contributed by atoms with E-state index in [0.29, 0.717) is 11.5 Å². The maximum Gasteiger partial charge on any atom is 0.255 e. The highest BCUT2D eigenvalue weighted by Gasteiger charge is 2.11. The first-order valence-electron chi connectivity index (χ1n) is 13.3. The zero-order valence-corrected chi connectivity index (χ0v) is 22.3. The highest BCUT2D eigenvalue weighted by Crippen LogP contribution is 2.23. The number of benzene rings is 2. The molecule has 0 saturated heterocycles. The van der Waals surface area contributed by atoms with Gasteiger partial charge in [-0.15, -0.1) is 12.4 Å². The van der Waals surface area contributed by atoms with E-state index in [9.17, 15) is 4.79 Å². The molecule has 0 fully saturated rings. The van der Waals surface area contributed by atoms with Crippen LogP contribution in [0.4, 0.5) is 11.6 Å². The summed E-state index contributed by atoms with van der Waals surface area (Å²) in [4.78, 5) is 17.3. The van der Waals surface area contributed by atoms with Gasteiger partial charge in [-0.3, -0.25) is 4.79 Å². The van der Waals surface area contributed by atoms with Crippen LogP contribution in [-0.4, -0.2) is 15.5 Å². The Labute approximate surface area is 217 Å². The number of anilines is 2. The molecule has 0 saturated carbocycles. The SMILES string of the molecule is CCCCCCCCCCn1c(N)nc2cc(NC(=O)c3ccc(CCCCC)cc3)ccc21.Cl. The van der Waals surface area contributed by atoms with Crippen LogP contribution in [-0.2, 0) is 13.0 Å². The normalized spacial score (nSPS) is 10.9. The number of nitrogens with zero attached hydrogens (tertiary/aromatic N) is 2. The van der Waals surface area contributed by atoms with Crippen LogP contribution in [0.3, 0.4) is 0 Å². The number of hydrogen-bond donors (Lipinski definition) is 2. The summed E-state index contributed by atoms with van der Waals surface area (Å²) in [6.07, 6.45) is 15.0. The van der Waals surface area contributed by atoms with Crippen molar-refractivity contribution < 1.29 is 4.79 Å². The molecule has 35 heavy (non-hydrogen) atoms. The minimum atomic E-state index is -0.106. The molecule has 0 atom stereocenters. The second-order valence-electron chi connectivity index (χ2n) is 9.41. The second-order valence-corrected chi connectivity index (χ2v) is 9.41. The number of imidazole rings is 1. The van der Waals surface area contributed by atoms with Gasteiger partial charge in [0.1, 0.15) is 0 Å². The third-order valence-corrected chi connectivity index (χ3v) is 6.56. The van der Waals surface area contributed by atoms with E-state index in [1.807, 2.05) is 30.3 Å². The lowest BCUT2D eigenvalue weighted by atomic mass is 10.1. The minimum Gasteiger partial charge on any atom is -0.369 e. The van der Waals surface area contributed by atoms with Gasteiger partial charge in [-0.25, -0.2) is 4.98 Å². The first-order chi connectivity index (χ1) is 16.6. The number of unbranched alkanes of at least 4 members (excludes halogenated alkanes) is 9. The van der Waals surface area contributed by atoms with Gasteiger partial charge in [-0.05, 0) is 55.2 Å². The van der Waals surface area contributed by atoms with Gasteiger partial charge in [0.05, 0.1) is 11.0 Å². The Morgan fingerprint density at radius 1 is 0.857 bits per heavy atom. The molecule has 3 N–H and O–H groups in total. The van der Waals surface area contributed by atoms with E-state index in [2.05, 4.69) is 40.8 Å². The summed E-state index contributed by atoms with van der Waals surface area (Å²) in [6.45, 7) is 5.35. The molecule has 0 aliphatic heterocycles. The Morgan fingerprint density at radius 2 is 1.49 bits per heavy atom. The Bertz CT molecular complexity index is 1030. The molecule has 192 valence electrons. The monoisotopic (exact) mass is 498 g/mol. The number of carbonyl (C=O) groups excluding carboxylic acids is 1. The molecule has 1 aromatic heterocycles. The largest absolute Gasteiger partial charge is 0.369 e. The average Bonchev–Trinajstić information content (AvgIpc) is 3.15. The van der Waals surface area contributed by atoms with Crippen LogP contribution in [0.25, 0.3) is 11.0 Å². The molecule has 1 amide bonds. The summed E-state index contributed by atoms with van der Waals surface area (Å²) in [5.74, 6) is 0.436. The minimum absolute atomic E-state index is 0. The van der Waals surface area contributed by atoms with Crippen molar-refractivity contribution in [2.24, 2.45) is 0 Å². The van der Waals surface area contributed by atoms with E-state index in [1.165, 1.54) is 69.8 Å². The highest BCUT2D eigenvalue weighted by atomic mass is 35.5. The predicted octanol–water partition coefficient (Wildman–Crippen LogP) is 8.17. The molecule has 1 heterocycles. The number of hydrogen-bond acceptors (Lipinski definition) is 3. The third kappa shape index (κ3) is 8.88. The van der Waals surface area contributed by atoms with E-state index in [4.69, 9.17) is 5.73 Å². The molecular formula is C29H43ClN4O. The molecule has 0 aliphatic carbocycles. The lowest BCUT2D eigenvalue weighted by molar-refractivity contribution is 0.102. The van der Waals surface area contributed by atoms with Gasteiger partial charge in [-0.1, -0.05) is 83.8 Å². The third-order valence-electron chi connectivity index (χ3n) is 6.56. The topological polar surface area (TPSA) is 72.9 Å². The Hall–Kier alpha value is -2.53. The maximum absolute atomic E-state index is 12.7. The summed E-state index contributed by atoms with van der Waals surface area (Å²) >= 11 is 0. The Balaban J connectivity index is 0.00000432. The molecule has 0 aliphatic rings. The van der Waals surface area contributed by atoms with Crippen LogP contribution in [0.15, 0.2) is 42.5 Å². The summed E-state index contributed by atoms with van der Waals surface area (Å²) < 4.78 is 2.09. The van der Waals surface area contributed by atoms with Crippen molar-refractivity contribution >= 4 is 41.0 Å². The van der Waals surface area contributed by atoms with E-state index in [0.717, 1.165) is 36.1 Å². The van der Waals surface area contributed by atoms with Crippen LogP contribution >= 0.6 is 12.4 Å². The summed E-state index contributed by atoms with van der Waals surface area (Å²) in [5, 5.41) is 3.00. The van der Waals surface area contributed by atoms with E-state index < -0.39 is 0 Å². The fraction of sp³-hybridized carbons (Fsp3) is 0.517. The summed E-state index contributed by atoms with van der Waals surface area (Å²) in [6, 6.07) is 13.8. The fourth-order valence-corrected chi connectivity index (χ4v) is 4.47. The number of nitrogen functional groups attached to an aromatic ring is 1. The van der Waals surface area contributed by atoms with Gasteiger partial charge in [0, 0.05) is 17.8 Å². The smallest absolute Gasteiger partial charge is 0.255 e. The molecule has 2 aromatic carbocycles. The van der Waals surface area contributed by atoms with Crippen molar-refractivity contribution in [3.63, 3.8) is 0 Å². The standard InChI is InChI=1S/C29H42N4O.ClH/c1-3-5-7-8-9-10-11-13-21-33-27-20-19-25(22-26(27)32-29(33)30)31-28(34)24-17-15-23(16-18-24)14-12-6-4-2;/h15-20,22H,3-14,21H2,1-2H3,(H2,30,32)(H,31,34);1H. The van der Waals surface area contributed by atoms with Crippen molar-refractivity contribution in [2.75, 3.05) is 11.1 Å². The molecule has 0 bridgehead atoms. The van der Waals surface area contributed by atoms with Crippen molar-refractivity contribution in [1.82, 2.24) is 9.55 Å². The molecule has 3 rings (SSSR count). The Kier molecular flexibility index (Phi) is 12.7. The van der Waals surface area contributed by atoms with Gasteiger partial charge >= 0.3 is 0 Å². The Morgan fingerprint density at radius 3 is 2.17 bits per heavy atom. The number of aromatic nitrogens is 2. The van der Waals surface area contributed by atoms with Crippen LogP contribution < -0.4 is 11.1 Å². The van der Waals surface area contributed by atoms with Crippen molar-refractivity contribution in [3.8, 4) is 0 Å². The molecular weight excluding hydrogens is 456 g/mol. The number of carbonyl (C=O) groups is 1. The van der Waals surface area contributed by atoms with Gasteiger partial charge in [0.15, 0.2) is 0 Å². The van der Waals surface area contributed by atoms with Crippen LogP contribution in [0, 0.1) is 0 Å². The van der Waals surface area contributed by atoms with Gasteiger partial charge in [-0.2, -0.15) is 0 Å². The van der Waals surface area contributed by atoms with Crippen LogP contribution in [0.1, 0.15) is 100 Å². The number of fused-ring (bicyclic) bond motifs is 1. The average molecular weight is 499 g/mol. The molecule has 6 heteroatoms. The molecule has 0 spiro atoms. The molecule has 0 unspecified atom stereocenters. The molecule has 5 nitrogen and oxygen atoms in total. The second kappa shape index (κ2) is 15.5. The molecule has 3 aromatic rings. The van der Waals surface area contributed by atoms with Gasteiger partial charge < -0.3 is 15.6 Å². The zero-order valence-electron chi connectivity index (χ0n) is 21.5. The molecule has 0 radical (unpaired) electrons. The van der Waals surface area contributed by atoms with E-state index >= 15 is 0 Å². The van der Waals surface area contributed by atoms with Crippen LogP contribution in [0.5, 0.6) is 0 Å². The number of aryl methyl sites for hydroxylation is 2. The lowest BCUT2D eigenvalue weighted by Gasteiger charge is -2.08. The van der Waals surface area contributed by atoms with E-state index in [-0.39, 0.29) is 18.3 Å². The number of rotatable bonds is 15. The van der Waals surface area contributed by atoms with Crippen LogP contribution in [0.2, 0.25) is 0 Å². The first kappa shape index (κ1) is 28.7. The number of nitrogens with two attached hydrogens (primary N) is 1. The number of amides is 1. The summed E-state index contributed by atoms with van der Waals surface area (Å²) in [7, 11) is 0. The zero-order chi connectivity index (χ0) is 24.2. The van der Waals surface area contributed by atoms with Crippen molar-refractivity contribution in [3.05, 3.63) is 53.6 Å². The fourth-order valence-electron chi connectivity index (χ4n) is 4.47.